The zero-order valence-electron chi connectivity index (χ0n) is 12.4. The molecule has 4 heteroatoms. The Labute approximate surface area is 115 Å². The first kappa shape index (κ1) is 14.2. The van der Waals surface area contributed by atoms with Gasteiger partial charge in [0.05, 0.1) is 6.42 Å². The largest absolute Gasteiger partial charge is 0.299 e. The minimum absolute atomic E-state index is 0.144. The second-order valence-electron chi connectivity index (χ2n) is 6.33. The van der Waals surface area contributed by atoms with E-state index in [0.29, 0.717) is 12.2 Å². The second-order valence-corrected chi connectivity index (χ2v) is 6.33. The first-order valence-corrected chi connectivity index (χ1v) is 7.44. The number of nitrogens with zero attached hydrogens (tertiary/aromatic N) is 3. The lowest BCUT2D eigenvalue weighted by Crippen LogP contribution is -2.35. The van der Waals surface area contributed by atoms with E-state index in [1.807, 2.05) is 4.68 Å². The van der Waals surface area contributed by atoms with Gasteiger partial charge in [0, 0.05) is 12.5 Å². The monoisotopic (exact) mass is 263 g/mol. The highest BCUT2D eigenvalue weighted by Gasteiger charge is 2.37. The Balaban J connectivity index is 2.05. The molecule has 0 radical (unpaired) electrons. The third-order valence-corrected chi connectivity index (χ3v) is 4.36. The van der Waals surface area contributed by atoms with E-state index in [4.69, 9.17) is 0 Å². The van der Waals surface area contributed by atoms with Crippen LogP contribution in [0.25, 0.3) is 0 Å². The van der Waals surface area contributed by atoms with Gasteiger partial charge in [-0.1, -0.05) is 33.6 Å². The fourth-order valence-corrected chi connectivity index (χ4v) is 3.19. The highest BCUT2D eigenvalue weighted by atomic mass is 16.1. The highest BCUT2D eigenvalue weighted by molar-refractivity contribution is 5.83. The van der Waals surface area contributed by atoms with Crippen molar-refractivity contribution in [2.45, 2.75) is 65.8 Å². The van der Waals surface area contributed by atoms with Gasteiger partial charge in [0.15, 0.2) is 0 Å². The van der Waals surface area contributed by atoms with Gasteiger partial charge in [0.1, 0.15) is 17.9 Å². The summed E-state index contributed by atoms with van der Waals surface area (Å²) in [6.07, 6.45) is 7.64. The second kappa shape index (κ2) is 5.85. The summed E-state index contributed by atoms with van der Waals surface area (Å²) in [7, 11) is 0. The van der Waals surface area contributed by atoms with E-state index in [9.17, 15) is 4.79 Å². The molecule has 1 saturated carbocycles. The number of ketones is 1. The summed E-state index contributed by atoms with van der Waals surface area (Å²) in [5.74, 6) is 1.36. The molecule has 1 aliphatic carbocycles. The van der Waals surface area contributed by atoms with E-state index in [1.54, 1.807) is 6.33 Å². The Hall–Kier alpha value is -1.19. The summed E-state index contributed by atoms with van der Waals surface area (Å²) in [4.78, 5) is 16.8. The molecule has 1 aliphatic rings. The smallest absolute Gasteiger partial charge is 0.144 e. The Kier molecular flexibility index (Phi) is 4.38. The van der Waals surface area contributed by atoms with Gasteiger partial charge in [-0.2, -0.15) is 5.10 Å². The summed E-state index contributed by atoms with van der Waals surface area (Å²) in [6.45, 7) is 7.41. The lowest BCUT2D eigenvalue weighted by molar-refractivity contribution is -0.127. The number of rotatable bonds is 5. The van der Waals surface area contributed by atoms with E-state index in [-0.39, 0.29) is 11.3 Å². The molecule has 1 atom stereocenters. The molecular weight excluding hydrogens is 238 g/mol. The Morgan fingerprint density at radius 1 is 1.47 bits per heavy atom. The molecular formula is C15H25N3O. The summed E-state index contributed by atoms with van der Waals surface area (Å²) in [6, 6.07) is 0. The molecule has 19 heavy (non-hydrogen) atoms. The number of Topliss-reactive ketones (excluding diaryl/α,β-unsaturated/α-hetero) is 1. The minimum Gasteiger partial charge on any atom is -0.299 e. The Morgan fingerprint density at radius 3 is 2.95 bits per heavy atom. The van der Waals surface area contributed by atoms with Crippen LogP contribution in [-0.2, 0) is 17.8 Å². The molecule has 106 valence electrons. The van der Waals surface area contributed by atoms with E-state index >= 15 is 0 Å². The van der Waals surface area contributed by atoms with Crippen molar-refractivity contribution < 1.29 is 4.79 Å². The van der Waals surface area contributed by atoms with Crippen LogP contribution in [0, 0.1) is 11.3 Å². The van der Waals surface area contributed by atoms with Gasteiger partial charge in [0.2, 0.25) is 0 Å². The molecule has 4 nitrogen and oxygen atoms in total. The van der Waals surface area contributed by atoms with Crippen LogP contribution in [0.2, 0.25) is 0 Å². The van der Waals surface area contributed by atoms with Crippen molar-refractivity contribution in [2.24, 2.45) is 11.3 Å². The maximum absolute atomic E-state index is 12.6. The van der Waals surface area contributed by atoms with Crippen LogP contribution in [0.15, 0.2) is 6.33 Å². The molecule has 1 heterocycles. The van der Waals surface area contributed by atoms with E-state index in [2.05, 4.69) is 30.9 Å². The number of hydrogen-bond donors (Lipinski definition) is 0. The quantitative estimate of drug-likeness (QED) is 0.820. The molecule has 0 aliphatic heterocycles. The van der Waals surface area contributed by atoms with Crippen molar-refractivity contribution in [2.75, 3.05) is 0 Å². The van der Waals surface area contributed by atoms with Gasteiger partial charge in [0.25, 0.3) is 0 Å². The fraction of sp³-hybridized carbons (Fsp3) is 0.800. The minimum atomic E-state index is 0.144. The first-order valence-electron chi connectivity index (χ1n) is 7.44. The third-order valence-electron chi connectivity index (χ3n) is 4.36. The number of carbonyl (C=O) groups is 1. The Bertz CT molecular complexity index is 436. The van der Waals surface area contributed by atoms with Crippen molar-refractivity contribution in [1.82, 2.24) is 14.8 Å². The lowest BCUT2D eigenvalue weighted by Gasteiger charge is -2.37. The van der Waals surface area contributed by atoms with Crippen LogP contribution >= 0.6 is 0 Å². The van der Waals surface area contributed by atoms with Gasteiger partial charge in [-0.05, 0) is 24.7 Å². The molecule has 1 unspecified atom stereocenters. The van der Waals surface area contributed by atoms with Crippen molar-refractivity contribution in [3.63, 3.8) is 0 Å². The highest BCUT2D eigenvalue weighted by Crippen LogP contribution is 2.41. The molecule has 2 rings (SSSR count). The van der Waals surface area contributed by atoms with Crippen LogP contribution in [-0.4, -0.2) is 20.5 Å². The standard InChI is InChI=1S/C15H25N3O/c1-4-9-18-14(16-11-17-18)10-13(19)12-7-5-6-8-15(12,2)3/h11-12H,4-10H2,1-3H3. The van der Waals surface area contributed by atoms with Crippen LogP contribution < -0.4 is 0 Å². The molecule has 1 aromatic rings. The average Bonchev–Trinajstić information content (AvgIpc) is 2.76. The van der Waals surface area contributed by atoms with Gasteiger partial charge < -0.3 is 0 Å². The molecule has 0 saturated heterocycles. The van der Waals surface area contributed by atoms with Crippen molar-refractivity contribution in [3.05, 3.63) is 12.2 Å². The van der Waals surface area contributed by atoms with Gasteiger partial charge in [-0.25, -0.2) is 9.67 Å². The molecule has 0 aromatic carbocycles. The maximum Gasteiger partial charge on any atom is 0.144 e. The number of hydrogen-bond acceptors (Lipinski definition) is 3. The fourth-order valence-electron chi connectivity index (χ4n) is 3.19. The molecule has 0 amide bonds. The first-order chi connectivity index (χ1) is 9.04. The average molecular weight is 263 g/mol. The third kappa shape index (κ3) is 3.23. The van der Waals surface area contributed by atoms with Crippen LogP contribution in [0.5, 0.6) is 0 Å². The zero-order valence-corrected chi connectivity index (χ0v) is 12.4. The molecule has 0 bridgehead atoms. The molecule has 1 aromatic heterocycles. The maximum atomic E-state index is 12.6. The normalized spacial score (nSPS) is 22.4. The Morgan fingerprint density at radius 2 is 2.26 bits per heavy atom. The molecule has 0 spiro atoms. The number of carbonyl (C=O) groups excluding carboxylic acids is 1. The van der Waals surface area contributed by atoms with E-state index < -0.39 is 0 Å². The van der Waals surface area contributed by atoms with E-state index in [1.165, 1.54) is 12.8 Å². The van der Waals surface area contributed by atoms with Crippen molar-refractivity contribution >= 4 is 5.78 Å². The summed E-state index contributed by atoms with van der Waals surface area (Å²) in [5, 5.41) is 4.19. The number of aryl methyl sites for hydroxylation is 1. The molecule has 0 N–H and O–H groups in total. The van der Waals surface area contributed by atoms with E-state index in [0.717, 1.165) is 31.6 Å². The van der Waals surface area contributed by atoms with Crippen molar-refractivity contribution in [1.29, 1.82) is 0 Å². The summed E-state index contributed by atoms with van der Waals surface area (Å²) >= 11 is 0. The predicted molar refractivity (Wildman–Crippen MR) is 74.8 cm³/mol. The predicted octanol–water partition coefficient (Wildman–Crippen LogP) is 3.02. The SMILES string of the molecule is CCCn1ncnc1CC(=O)C1CCCCC1(C)C. The number of aromatic nitrogens is 3. The van der Waals surface area contributed by atoms with Gasteiger partial charge >= 0.3 is 0 Å². The summed E-state index contributed by atoms with van der Waals surface area (Å²) < 4.78 is 1.87. The van der Waals surface area contributed by atoms with Crippen LogP contribution in [0.4, 0.5) is 0 Å². The van der Waals surface area contributed by atoms with Gasteiger partial charge in [-0.15, -0.1) is 0 Å². The van der Waals surface area contributed by atoms with Crippen LogP contribution in [0.1, 0.15) is 58.7 Å². The lowest BCUT2D eigenvalue weighted by atomic mass is 9.67. The van der Waals surface area contributed by atoms with Gasteiger partial charge in [-0.3, -0.25) is 4.79 Å². The van der Waals surface area contributed by atoms with Crippen LogP contribution in [0.3, 0.4) is 0 Å². The van der Waals surface area contributed by atoms with Crippen molar-refractivity contribution in [3.8, 4) is 0 Å². The molecule has 1 fully saturated rings. The zero-order chi connectivity index (χ0) is 13.9. The summed E-state index contributed by atoms with van der Waals surface area (Å²) in [5.41, 5.74) is 0.144. The topological polar surface area (TPSA) is 47.8 Å².